The Morgan fingerprint density at radius 1 is 1.07 bits per heavy atom. The van der Waals surface area contributed by atoms with E-state index in [2.05, 4.69) is 10.0 Å². The number of hydrogen-bond acceptors (Lipinski definition) is 3. The van der Waals surface area contributed by atoms with Crippen molar-refractivity contribution in [2.45, 2.75) is 63.3 Å². The van der Waals surface area contributed by atoms with Gasteiger partial charge in [-0.3, -0.25) is 4.79 Å². The fourth-order valence-corrected chi connectivity index (χ4v) is 7.67. The molecule has 0 atom stereocenters. The molecule has 0 unspecified atom stereocenters. The van der Waals surface area contributed by atoms with Crippen LogP contribution in [0.5, 0.6) is 0 Å². The number of carbonyl (C=O) groups excluding carboxylic acids is 1. The van der Waals surface area contributed by atoms with Gasteiger partial charge in [-0.15, -0.1) is 0 Å². The van der Waals surface area contributed by atoms with Crippen molar-refractivity contribution in [1.82, 2.24) is 10.0 Å². The van der Waals surface area contributed by atoms with Crippen LogP contribution in [-0.2, 0) is 20.6 Å². The summed E-state index contributed by atoms with van der Waals surface area (Å²) in [5.41, 5.74) is -0.691. The van der Waals surface area contributed by atoms with Gasteiger partial charge in [0.1, 0.15) is 5.54 Å². The van der Waals surface area contributed by atoms with Crippen molar-refractivity contribution in [3.63, 3.8) is 0 Å². The van der Waals surface area contributed by atoms with E-state index in [1.165, 1.54) is 32.1 Å². The predicted octanol–water partition coefficient (Wildman–Crippen LogP) is 3.48. The fraction of sp³-hybridized carbons (Fsp3) is 0.667. The predicted molar refractivity (Wildman–Crippen MR) is 110 cm³/mol. The Hall–Kier alpha value is -1.11. The minimum Gasteiger partial charge on any atom is -0.351 e. The van der Waals surface area contributed by atoms with Crippen molar-refractivity contribution in [1.29, 1.82) is 0 Å². The molecule has 4 bridgehead atoms. The molecule has 1 amide bonds. The minimum atomic E-state index is -3.72. The van der Waals surface area contributed by atoms with Gasteiger partial charge in [-0.2, -0.15) is 4.72 Å². The van der Waals surface area contributed by atoms with Gasteiger partial charge < -0.3 is 5.32 Å². The molecule has 0 heterocycles. The van der Waals surface area contributed by atoms with Crippen molar-refractivity contribution in [2.24, 2.45) is 23.7 Å². The lowest BCUT2D eigenvalue weighted by molar-refractivity contribution is -0.129. The standard InChI is InChI=1S/C21H29ClN2O3S/c1-21(2,24-28(26,27)12-15-5-3-4-6-18(15)22)20(25)23-19-16-8-13-7-14(10-16)11-17(19)9-13/h3-6,13-14,16-17,19,24H,7-12H2,1-2H3,(H,23,25). The van der Waals surface area contributed by atoms with Crippen LogP contribution in [0, 0.1) is 23.7 Å². The monoisotopic (exact) mass is 424 g/mol. The molecule has 0 spiro atoms. The Morgan fingerprint density at radius 3 is 2.21 bits per heavy atom. The molecule has 28 heavy (non-hydrogen) atoms. The van der Waals surface area contributed by atoms with E-state index in [-0.39, 0.29) is 17.7 Å². The molecule has 154 valence electrons. The minimum absolute atomic E-state index is 0.188. The van der Waals surface area contributed by atoms with Crippen molar-refractivity contribution >= 4 is 27.5 Å². The maximum absolute atomic E-state index is 13.0. The smallest absolute Gasteiger partial charge is 0.240 e. The first-order valence-corrected chi connectivity index (χ1v) is 12.2. The Morgan fingerprint density at radius 2 is 1.64 bits per heavy atom. The van der Waals surface area contributed by atoms with E-state index in [1.54, 1.807) is 38.1 Å². The average molecular weight is 425 g/mol. The normalized spacial score (nSPS) is 31.8. The lowest BCUT2D eigenvalue weighted by Gasteiger charge is -2.54. The molecular weight excluding hydrogens is 396 g/mol. The number of benzene rings is 1. The molecule has 5 rings (SSSR count). The Labute approximate surface area is 172 Å². The highest BCUT2D eigenvalue weighted by Gasteiger charge is 2.49. The van der Waals surface area contributed by atoms with Crippen LogP contribution >= 0.6 is 11.6 Å². The molecule has 0 saturated heterocycles. The van der Waals surface area contributed by atoms with E-state index >= 15 is 0 Å². The second-order valence-corrected chi connectivity index (χ2v) is 11.6. The third-order valence-electron chi connectivity index (χ3n) is 6.81. The van der Waals surface area contributed by atoms with Gasteiger partial charge in [0.25, 0.3) is 0 Å². The summed E-state index contributed by atoms with van der Waals surface area (Å²) in [5, 5.41) is 3.61. The summed E-state index contributed by atoms with van der Waals surface area (Å²) in [5.74, 6) is 2.27. The van der Waals surface area contributed by atoms with Crippen LogP contribution in [0.1, 0.15) is 51.5 Å². The molecule has 4 aliphatic carbocycles. The van der Waals surface area contributed by atoms with E-state index in [4.69, 9.17) is 11.6 Å². The van der Waals surface area contributed by atoms with Crippen LogP contribution in [0.3, 0.4) is 0 Å². The van der Waals surface area contributed by atoms with E-state index in [0.29, 0.717) is 22.4 Å². The maximum atomic E-state index is 13.0. The number of rotatable bonds is 6. The van der Waals surface area contributed by atoms with Gasteiger partial charge in [-0.25, -0.2) is 8.42 Å². The van der Waals surface area contributed by atoms with Crippen molar-refractivity contribution in [3.05, 3.63) is 34.9 Å². The van der Waals surface area contributed by atoms with Gasteiger partial charge in [-0.1, -0.05) is 29.8 Å². The maximum Gasteiger partial charge on any atom is 0.240 e. The molecule has 0 aromatic heterocycles. The molecule has 0 aliphatic heterocycles. The molecule has 2 N–H and O–H groups in total. The lowest BCUT2D eigenvalue weighted by Crippen LogP contribution is -2.62. The van der Waals surface area contributed by atoms with Crippen LogP contribution in [-0.4, -0.2) is 25.9 Å². The summed E-state index contributed by atoms with van der Waals surface area (Å²) in [6, 6.07) is 7.04. The summed E-state index contributed by atoms with van der Waals surface area (Å²) in [4.78, 5) is 13.0. The number of sulfonamides is 1. The summed E-state index contributed by atoms with van der Waals surface area (Å²) in [6.07, 6.45) is 6.18. The van der Waals surface area contributed by atoms with E-state index < -0.39 is 15.6 Å². The molecule has 5 nitrogen and oxygen atoms in total. The first-order chi connectivity index (χ1) is 13.1. The van der Waals surface area contributed by atoms with Crippen LogP contribution in [0.2, 0.25) is 5.02 Å². The molecular formula is C21H29ClN2O3S. The molecule has 1 aromatic carbocycles. The summed E-state index contributed by atoms with van der Waals surface area (Å²) < 4.78 is 27.9. The summed E-state index contributed by atoms with van der Waals surface area (Å²) >= 11 is 6.09. The number of halogens is 1. The van der Waals surface area contributed by atoms with Crippen LogP contribution in [0.4, 0.5) is 0 Å². The van der Waals surface area contributed by atoms with Gasteiger partial charge >= 0.3 is 0 Å². The van der Waals surface area contributed by atoms with Gasteiger partial charge in [0.05, 0.1) is 5.75 Å². The highest BCUT2D eigenvalue weighted by molar-refractivity contribution is 7.88. The van der Waals surface area contributed by atoms with Gasteiger partial charge in [0.2, 0.25) is 15.9 Å². The zero-order valence-corrected chi connectivity index (χ0v) is 18.0. The quantitative estimate of drug-likeness (QED) is 0.734. The third kappa shape index (κ3) is 4.10. The van der Waals surface area contributed by atoms with Gasteiger partial charge in [-0.05, 0) is 81.3 Å². The molecule has 4 fully saturated rings. The Kier molecular flexibility index (Phi) is 5.26. The largest absolute Gasteiger partial charge is 0.351 e. The Bertz CT molecular complexity index is 840. The first kappa shape index (κ1) is 20.2. The van der Waals surface area contributed by atoms with E-state index in [1.807, 2.05) is 0 Å². The molecule has 4 saturated carbocycles. The SMILES string of the molecule is CC(C)(NS(=O)(=O)Cc1ccccc1Cl)C(=O)NC1C2CC3CC(C2)CC1C3. The van der Waals surface area contributed by atoms with E-state index in [9.17, 15) is 13.2 Å². The van der Waals surface area contributed by atoms with E-state index in [0.717, 1.165) is 11.8 Å². The van der Waals surface area contributed by atoms with Crippen molar-refractivity contribution < 1.29 is 13.2 Å². The second kappa shape index (κ2) is 7.29. The summed E-state index contributed by atoms with van der Waals surface area (Å²) in [6.45, 7) is 3.26. The van der Waals surface area contributed by atoms with Crippen LogP contribution < -0.4 is 10.0 Å². The van der Waals surface area contributed by atoms with Gasteiger partial charge in [0, 0.05) is 11.1 Å². The number of carbonyl (C=O) groups is 1. The lowest BCUT2D eigenvalue weighted by atomic mass is 9.54. The second-order valence-electron chi connectivity index (χ2n) is 9.51. The third-order valence-corrected chi connectivity index (χ3v) is 8.69. The van der Waals surface area contributed by atoms with Gasteiger partial charge in [0.15, 0.2) is 0 Å². The van der Waals surface area contributed by atoms with Crippen LogP contribution in [0.25, 0.3) is 0 Å². The Balaban J connectivity index is 1.41. The number of hydrogen-bond donors (Lipinski definition) is 2. The zero-order chi connectivity index (χ0) is 20.1. The first-order valence-electron chi connectivity index (χ1n) is 10.2. The average Bonchev–Trinajstić information content (AvgIpc) is 2.58. The topological polar surface area (TPSA) is 75.3 Å². The molecule has 1 aromatic rings. The van der Waals surface area contributed by atoms with Crippen molar-refractivity contribution in [3.8, 4) is 0 Å². The number of amides is 1. The molecule has 7 heteroatoms. The van der Waals surface area contributed by atoms with Crippen LogP contribution in [0.15, 0.2) is 24.3 Å². The van der Waals surface area contributed by atoms with Crippen molar-refractivity contribution in [2.75, 3.05) is 0 Å². The highest BCUT2D eigenvalue weighted by Crippen LogP contribution is 2.53. The molecule has 0 radical (unpaired) electrons. The summed E-state index contributed by atoms with van der Waals surface area (Å²) in [7, 11) is -3.72. The fourth-order valence-electron chi connectivity index (χ4n) is 5.78. The molecule has 4 aliphatic rings. The highest BCUT2D eigenvalue weighted by atomic mass is 35.5. The number of nitrogens with one attached hydrogen (secondary N) is 2. The zero-order valence-electron chi connectivity index (χ0n) is 16.4.